The summed E-state index contributed by atoms with van der Waals surface area (Å²) < 4.78 is 0. The van der Waals surface area contributed by atoms with E-state index in [1.165, 1.54) is 11.3 Å². The summed E-state index contributed by atoms with van der Waals surface area (Å²) in [5, 5.41) is 1.66. The quantitative estimate of drug-likeness (QED) is 0.689. The van der Waals surface area contributed by atoms with E-state index in [9.17, 15) is 4.79 Å². The van der Waals surface area contributed by atoms with E-state index >= 15 is 0 Å². The molecule has 24 heavy (non-hydrogen) atoms. The molecule has 0 N–H and O–H groups in total. The maximum absolute atomic E-state index is 12.9. The Morgan fingerprint density at radius 2 is 2.00 bits per heavy atom. The van der Waals surface area contributed by atoms with Crippen molar-refractivity contribution in [3.05, 3.63) is 56.8 Å². The smallest absolute Gasteiger partial charge is 0.264 e. The topological polar surface area (TPSA) is 46.1 Å². The number of fused-ring (bicyclic) bond motifs is 1. The molecule has 1 aromatic carbocycles. The Morgan fingerprint density at radius 3 is 2.71 bits per heavy atom. The minimum Gasteiger partial charge on any atom is -0.337 e. The standard InChI is InChI=1S/C18H18ClN3OS/c1-10-15-11(2)20-12(3)21-17(15)24-16(10)18(23)22(4)9-13-6-5-7-14(19)8-13/h5-8H,9H2,1-4H3. The van der Waals surface area contributed by atoms with Crippen LogP contribution in [0.5, 0.6) is 0 Å². The van der Waals surface area contributed by atoms with Gasteiger partial charge in [0.15, 0.2) is 0 Å². The average Bonchev–Trinajstić information content (AvgIpc) is 2.83. The first kappa shape index (κ1) is 16.9. The van der Waals surface area contributed by atoms with Gasteiger partial charge in [-0.3, -0.25) is 4.79 Å². The number of hydrogen-bond donors (Lipinski definition) is 0. The van der Waals surface area contributed by atoms with Crippen molar-refractivity contribution in [3.63, 3.8) is 0 Å². The van der Waals surface area contributed by atoms with Crippen LogP contribution >= 0.6 is 22.9 Å². The van der Waals surface area contributed by atoms with Gasteiger partial charge in [0.1, 0.15) is 10.7 Å². The van der Waals surface area contributed by atoms with E-state index in [4.69, 9.17) is 11.6 Å². The first-order valence-corrected chi connectivity index (χ1v) is 8.80. The molecule has 6 heteroatoms. The van der Waals surface area contributed by atoms with Gasteiger partial charge in [-0.2, -0.15) is 0 Å². The van der Waals surface area contributed by atoms with Gasteiger partial charge in [0, 0.05) is 29.7 Å². The zero-order valence-corrected chi connectivity index (χ0v) is 15.6. The molecule has 2 heterocycles. The summed E-state index contributed by atoms with van der Waals surface area (Å²) in [5.74, 6) is 0.722. The van der Waals surface area contributed by atoms with Gasteiger partial charge in [-0.05, 0) is 44.0 Å². The van der Waals surface area contributed by atoms with E-state index in [0.717, 1.165) is 37.7 Å². The van der Waals surface area contributed by atoms with Gasteiger partial charge in [0.05, 0.1) is 4.88 Å². The molecular formula is C18H18ClN3OS. The molecule has 3 rings (SSSR count). The fourth-order valence-corrected chi connectivity index (χ4v) is 4.32. The van der Waals surface area contributed by atoms with Crippen LogP contribution in [0.2, 0.25) is 5.02 Å². The molecule has 0 radical (unpaired) electrons. The number of benzene rings is 1. The molecule has 0 unspecified atom stereocenters. The maximum atomic E-state index is 12.9. The van der Waals surface area contributed by atoms with Gasteiger partial charge in [0.25, 0.3) is 5.91 Å². The van der Waals surface area contributed by atoms with E-state index < -0.39 is 0 Å². The van der Waals surface area contributed by atoms with Crippen LogP contribution in [-0.4, -0.2) is 27.8 Å². The van der Waals surface area contributed by atoms with Crippen molar-refractivity contribution in [1.82, 2.24) is 14.9 Å². The number of hydrogen-bond acceptors (Lipinski definition) is 4. The molecule has 0 saturated carbocycles. The monoisotopic (exact) mass is 359 g/mol. The van der Waals surface area contributed by atoms with E-state index in [2.05, 4.69) is 9.97 Å². The molecule has 0 aliphatic carbocycles. The minimum absolute atomic E-state index is 0.00692. The SMILES string of the molecule is Cc1nc(C)c2c(C)c(C(=O)N(C)Cc3cccc(Cl)c3)sc2n1. The summed E-state index contributed by atoms with van der Waals surface area (Å²) in [6.45, 7) is 6.30. The Kier molecular flexibility index (Phi) is 4.56. The zero-order chi connectivity index (χ0) is 17.4. The molecule has 0 atom stereocenters. The summed E-state index contributed by atoms with van der Waals surface area (Å²) in [7, 11) is 1.80. The molecule has 124 valence electrons. The van der Waals surface area contributed by atoms with Crippen LogP contribution in [0.15, 0.2) is 24.3 Å². The number of aryl methyl sites for hydroxylation is 3. The Labute approximate surface area is 150 Å². The lowest BCUT2D eigenvalue weighted by Crippen LogP contribution is -2.25. The second-order valence-corrected chi connectivity index (χ2v) is 7.32. The summed E-state index contributed by atoms with van der Waals surface area (Å²) in [5.41, 5.74) is 2.88. The van der Waals surface area contributed by atoms with Crippen molar-refractivity contribution < 1.29 is 4.79 Å². The first-order chi connectivity index (χ1) is 11.4. The van der Waals surface area contributed by atoms with Crippen molar-refractivity contribution in [2.45, 2.75) is 27.3 Å². The van der Waals surface area contributed by atoms with Crippen LogP contribution in [0.1, 0.15) is 32.3 Å². The number of rotatable bonds is 3. The Bertz CT molecular complexity index is 935. The number of carbonyl (C=O) groups excluding carboxylic acids is 1. The van der Waals surface area contributed by atoms with Crippen LogP contribution in [0.25, 0.3) is 10.2 Å². The fourth-order valence-electron chi connectivity index (χ4n) is 2.83. The molecule has 4 nitrogen and oxygen atoms in total. The van der Waals surface area contributed by atoms with Crippen molar-refractivity contribution >= 4 is 39.1 Å². The van der Waals surface area contributed by atoms with Crippen LogP contribution < -0.4 is 0 Å². The van der Waals surface area contributed by atoms with Crippen molar-refractivity contribution in [1.29, 1.82) is 0 Å². The molecule has 0 spiro atoms. The third-order valence-corrected chi connectivity index (χ3v) is 5.34. The fraction of sp³-hybridized carbons (Fsp3) is 0.278. The van der Waals surface area contributed by atoms with Crippen LogP contribution in [-0.2, 0) is 6.54 Å². The Balaban J connectivity index is 1.93. The number of carbonyl (C=O) groups is 1. The van der Waals surface area contributed by atoms with Crippen molar-refractivity contribution in [3.8, 4) is 0 Å². The van der Waals surface area contributed by atoms with E-state index in [1.54, 1.807) is 11.9 Å². The predicted molar refractivity (Wildman–Crippen MR) is 98.9 cm³/mol. The number of halogens is 1. The lowest BCUT2D eigenvalue weighted by atomic mass is 10.1. The molecule has 2 aromatic heterocycles. The third kappa shape index (κ3) is 3.14. The molecular weight excluding hydrogens is 342 g/mol. The molecule has 0 fully saturated rings. The molecule has 0 bridgehead atoms. The second-order valence-electron chi connectivity index (χ2n) is 5.88. The summed E-state index contributed by atoms with van der Waals surface area (Å²) >= 11 is 7.45. The lowest BCUT2D eigenvalue weighted by molar-refractivity contribution is 0.0789. The zero-order valence-electron chi connectivity index (χ0n) is 14.1. The van der Waals surface area contributed by atoms with Gasteiger partial charge in [-0.25, -0.2) is 9.97 Å². The highest BCUT2D eigenvalue weighted by Crippen LogP contribution is 2.32. The number of aromatic nitrogens is 2. The highest BCUT2D eigenvalue weighted by molar-refractivity contribution is 7.20. The largest absolute Gasteiger partial charge is 0.337 e. The number of amides is 1. The summed E-state index contributed by atoms with van der Waals surface area (Å²) in [6.07, 6.45) is 0. The van der Waals surface area contributed by atoms with E-state index in [1.807, 2.05) is 45.0 Å². The minimum atomic E-state index is -0.00692. The molecule has 3 aromatic rings. The summed E-state index contributed by atoms with van der Waals surface area (Å²) in [4.78, 5) is 25.1. The normalized spacial score (nSPS) is 11.0. The first-order valence-electron chi connectivity index (χ1n) is 7.61. The molecule has 1 amide bonds. The van der Waals surface area contributed by atoms with Crippen LogP contribution in [0.4, 0.5) is 0 Å². The van der Waals surface area contributed by atoms with Gasteiger partial charge in [-0.1, -0.05) is 23.7 Å². The predicted octanol–water partition coefficient (Wildman–Crippen LogP) is 4.54. The molecule has 0 aliphatic rings. The van der Waals surface area contributed by atoms with Gasteiger partial charge in [0.2, 0.25) is 0 Å². The van der Waals surface area contributed by atoms with Gasteiger partial charge in [-0.15, -0.1) is 11.3 Å². The van der Waals surface area contributed by atoms with Gasteiger partial charge >= 0.3 is 0 Å². The van der Waals surface area contributed by atoms with E-state index in [0.29, 0.717) is 11.6 Å². The lowest BCUT2D eigenvalue weighted by Gasteiger charge is -2.17. The van der Waals surface area contributed by atoms with Crippen molar-refractivity contribution in [2.75, 3.05) is 7.05 Å². The highest BCUT2D eigenvalue weighted by Gasteiger charge is 2.21. The molecule has 0 aliphatic heterocycles. The van der Waals surface area contributed by atoms with Gasteiger partial charge < -0.3 is 4.90 Å². The van der Waals surface area contributed by atoms with Crippen LogP contribution in [0, 0.1) is 20.8 Å². The number of thiophene rings is 1. The van der Waals surface area contributed by atoms with E-state index in [-0.39, 0.29) is 5.91 Å². The maximum Gasteiger partial charge on any atom is 0.264 e. The van der Waals surface area contributed by atoms with Crippen molar-refractivity contribution in [2.24, 2.45) is 0 Å². The second kappa shape index (κ2) is 6.49. The highest BCUT2D eigenvalue weighted by atomic mass is 35.5. The third-order valence-electron chi connectivity index (χ3n) is 3.93. The van der Waals surface area contributed by atoms with Crippen LogP contribution in [0.3, 0.4) is 0 Å². The molecule has 0 saturated heterocycles. The average molecular weight is 360 g/mol. The Morgan fingerprint density at radius 1 is 1.25 bits per heavy atom. The Hall–Kier alpha value is -1.98. The number of nitrogens with zero attached hydrogens (tertiary/aromatic N) is 3. The summed E-state index contributed by atoms with van der Waals surface area (Å²) in [6, 6.07) is 7.56.